The molecule has 2 heterocycles. The quantitative estimate of drug-likeness (QED) is 0.340. The van der Waals surface area contributed by atoms with Gasteiger partial charge in [-0.3, -0.25) is 0 Å². The van der Waals surface area contributed by atoms with Crippen molar-refractivity contribution in [3.63, 3.8) is 0 Å². The second kappa shape index (κ2) is 9.88. The fourth-order valence-electron chi connectivity index (χ4n) is 3.22. The molecule has 0 bridgehead atoms. The van der Waals surface area contributed by atoms with Gasteiger partial charge in [0.05, 0.1) is 30.2 Å². The lowest BCUT2D eigenvalue weighted by atomic mass is 10.1. The summed E-state index contributed by atoms with van der Waals surface area (Å²) in [6, 6.07) is 12.7. The molecule has 0 fully saturated rings. The number of ether oxygens (including phenoxy) is 1. The molecule has 4 aromatic rings. The van der Waals surface area contributed by atoms with Gasteiger partial charge in [-0.2, -0.15) is 0 Å². The second-order valence-corrected chi connectivity index (χ2v) is 9.20. The summed E-state index contributed by atoms with van der Waals surface area (Å²) in [5.74, 6) is 1.06. The molecule has 2 aromatic heterocycles. The number of oxazole rings is 1. The highest BCUT2D eigenvalue weighted by molar-refractivity contribution is 7.89. The largest absolute Gasteiger partial charge is 0.495 e. The number of aryl methyl sites for hydroxylation is 2. The molecule has 10 heteroatoms. The molecule has 0 aliphatic rings. The van der Waals surface area contributed by atoms with Crippen LogP contribution in [0, 0.1) is 6.92 Å². The van der Waals surface area contributed by atoms with Crippen LogP contribution < -0.4 is 14.8 Å². The number of imidazole rings is 1. The van der Waals surface area contributed by atoms with Gasteiger partial charge in [0, 0.05) is 31.0 Å². The Balaban J connectivity index is 1.46. The van der Waals surface area contributed by atoms with E-state index in [1.165, 1.54) is 19.2 Å². The average molecular weight is 468 g/mol. The van der Waals surface area contributed by atoms with Crippen molar-refractivity contribution < 1.29 is 17.6 Å². The van der Waals surface area contributed by atoms with Gasteiger partial charge in [0.1, 0.15) is 5.75 Å². The van der Waals surface area contributed by atoms with Gasteiger partial charge in [-0.15, -0.1) is 0 Å². The fourth-order valence-corrected chi connectivity index (χ4v) is 4.32. The minimum absolute atomic E-state index is 0.110. The number of benzene rings is 2. The molecule has 0 radical (unpaired) electrons. The molecule has 4 rings (SSSR count). The number of nitrogens with one attached hydrogen (secondary N) is 2. The monoisotopic (exact) mass is 467 g/mol. The maximum Gasteiger partial charge on any atom is 0.299 e. The summed E-state index contributed by atoms with van der Waals surface area (Å²) in [5.41, 5.74) is 2.47. The number of hydrogen-bond donors (Lipinski definition) is 2. The summed E-state index contributed by atoms with van der Waals surface area (Å²) in [6.07, 6.45) is 7.47. The molecule has 172 valence electrons. The Labute approximate surface area is 192 Å². The molecule has 0 saturated carbocycles. The van der Waals surface area contributed by atoms with Gasteiger partial charge >= 0.3 is 0 Å². The first-order valence-electron chi connectivity index (χ1n) is 10.4. The van der Waals surface area contributed by atoms with Crippen LogP contribution in [0.2, 0.25) is 0 Å². The summed E-state index contributed by atoms with van der Waals surface area (Å²) in [7, 11) is -2.19. The van der Waals surface area contributed by atoms with Crippen LogP contribution >= 0.6 is 0 Å². The third-order valence-corrected chi connectivity index (χ3v) is 6.47. The Morgan fingerprint density at radius 2 is 1.97 bits per heavy atom. The van der Waals surface area contributed by atoms with Crippen molar-refractivity contribution in [2.75, 3.05) is 19.0 Å². The summed E-state index contributed by atoms with van der Waals surface area (Å²) in [4.78, 5) is 8.34. The van der Waals surface area contributed by atoms with E-state index in [-0.39, 0.29) is 10.9 Å². The zero-order valence-electron chi connectivity index (χ0n) is 18.4. The molecule has 0 spiro atoms. The topological polar surface area (TPSA) is 111 Å². The first-order chi connectivity index (χ1) is 15.9. The van der Waals surface area contributed by atoms with E-state index in [2.05, 4.69) is 20.0 Å². The standard InChI is InChI=1S/C23H25N5O4S/c1-17-4-6-18(7-5-17)22-15-25-23(32-22)27-20-14-19(8-9-21(20)31-2)33(29,30)26-10-3-12-28-13-11-24-16-28/h4-9,11,13-16,26H,3,10,12H2,1-2H3,(H,25,27). The Morgan fingerprint density at radius 3 is 2.70 bits per heavy atom. The maximum atomic E-state index is 12.8. The van der Waals surface area contributed by atoms with Crippen LogP contribution in [0.15, 0.2) is 76.7 Å². The smallest absolute Gasteiger partial charge is 0.299 e. The number of anilines is 2. The highest BCUT2D eigenvalue weighted by atomic mass is 32.2. The van der Waals surface area contributed by atoms with Crippen LogP contribution in [0.4, 0.5) is 11.7 Å². The van der Waals surface area contributed by atoms with Gasteiger partial charge in [-0.1, -0.05) is 29.8 Å². The molecule has 2 aromatic carbocycles. The SMILES string of the molecule is COc1ccc(S(=O)(=O)NCCCn2ccnc2)cc1Nc1ncc(-c2ccc(C)cc2)o1. The highest BCUT2D eigenvalue weighted by Gasteiger charge is 2.17. The zero-order valence-corrected chi connectivity index (χ0v) is 19.2. The molecular formula is C23H25N5O4S. The van der Waals surface area contributed by atoms with Crippen molar-refractivity contribution >= 4 is 21.7 Å². The van der Waals surface area contributed by atoms with Crippen molar-refractivity contribution in [2.45, 2.75) is 24.8 Å². The van der Waals surface area contributed by atoms with Crippen molar-refractivity contribution in [3.05, 3.63) is 72.9 Å². The van der Waals surface area contributed by atoms with Gasteiger partial charge in [0.2, 0.25) is 10.0 Å². The molecule has 0 aliphatic carbocycles. The number of nitrogens with zero attached hydrogens (tertiary/aromatic N) is 3. The molecule has 0 unspecified atom stereocenters. The molecule has 0 atom stereocenters. The Morgan fingerprint density at radius 1 is 1.15 bits per heavy atom. The number of methoxy groups -OCH3 is 1. The lowest BCUT2D eigenvalue weighted by molar-refractivity contribution is 0.416. The summed E-state index contributed by atoms with van der Waals surface area (Å²) in [6.45, 7) is 2.99. The van der Waals surface area contributed by atoms with E-state index < -0.39 is 10.0 Å². The van der Waals surface area contributed by atoms with E-state index in [4.69, 9.17) is 9.15 Å². The normalized spacial score (nSPS) is 11.5. The van der Waals surface area contributed by atoms with Gasteiger partial charge in [0.25, 0.3) is 6.01 Å². The van der Waals surface area contributed by atoms with Gasteiger partial charge in [0.15, 0.2) is 5.76 Å². The predicted molar refractivity (Wildman–Crippen MR) is 125 cm³/mol. The second-order valence-electron chi connectivity index (χ2n) is 7.43. The van der Waals surface area contributed by atoms with E-state index in [1.807, 2.05) is 42.0 Å². The Kier molecular flexibility index (Phi) is 6.76. The first-order valence-corrected chi connectivity index (χ1v) is 11.9. The van der Waals surface area contributed by atoms with Crippen LogP contribution in [0.3, 0.4) is 0 Å². The minimum atomic E-state index is -3.70. The predicted octanol–water partition coefficient (Wildman–Crippen LogP) is 3.97. The summed E-state index contributed by atoms with van der Waals surface area (Å²) >= 11 is 0. The van der Waals surface area contributed by atoms with E-state index in [1.54, 1.807) is 24.8 Å². The van der Waals surface area contributed by atoms with Crippen LogP contribution in [-0.2, 0) is 16.6 Å². The van der Waals surface area contributed by atoms with E-state index in [9.17, 15) is 8.42 Å². The molecule has 2 N–H and O–H groups in total. The lowest BCUT2D eigenvalue weighted by Crippen LogP contribution is -2.25. The minimum Gasteiger partial charge on any atom is -0.495 e. The van der Waals surface area contributed by atoms with E-state index >= 15 is 0 Å². The Bertz CT molecular complexity index is 1300. The first kappa shape index (κ1) is 22.6. The van der Waals surface area contributed by atoms with Crippen LogP contribution in [0.5, 0.6) is 5.75 Å². The van der Waals surface area contributed by atoms with Crippen molar-refractivity contribution in [2.24, 2.45) is 0 Å². The van der Waals surface area contributed by atoms with E-state index in [0.717, 1.165) is 11.1 Å². The summed E-state index contributed by atoms with van der Waals surface area (Å²) < 4.78 is 41.3. The van der Waals surface area contributed by atoms with Crippen molar-refractivity contribution in [1.82, 2.24) is 19.3 Å². The molecule has 0 saturated heterocycles. The number of hydrogen-bond acceptors (Lipinski definition) is 7. The molecule has 0 amide bonds. The van der Waals surface area contributed by atoms with Gasteiger partial charge in [-0.25, -0.2) is 23.1 Å². The van der Waals surface area contributed by atoms with Gasteiger partial charge in [-0.05, 0) is 31.5 Å². The van der Waals surface area contributed by atoms with Gasteiger partial charge < -0.3 is 19.0 Å². The third-order valence-electron chi connectivity index (χ3n) is 5.01. The number of sulfonamides is 1. The van der Waals surface area contributed by atoms with Crippen LogP contribution in [0.1, 0.15) is 12.0 Å². The van der Waals surface area contributed by atoms with Crippen LogP contribution in [0.25, 0.3) is 11.3 Å². The average Bonchev–Trinajstić information content (AvgIpc) is 3.50. The zero-order chi connectivity index (χ0) is 23.3. The molecular weight excluding hydrogens is 442 g/mol. The van der Waals surface area contributed by atoms with Crippen molar-refractivity contribution in [1.29, 1.82) is 0 Å². The fraction of sp³-hybridized carbons (Fsp3) is 0.217. The number of rotatable bonds is 10. The van der Waals surface area contributed by atoms with E-state index in [0.29, 0.717) is 36.7 Å². The summed E-state index contributed by atoms with van der Waals surface area (Å²) in [5, 5.41) is 3.02. The van der Waals surface area contributed by atoms with Crippen LogP contribution in [-0.4, -0.2) is 36.6 Å². The highest BCUT2D eigenvalue weighted by Crippen LogP contribution is 2.31. The maximum absolute atomic E-state index is 12.8. The molecule has 9 nitrogen and oxygen atoms in total. The Hall–Kier alpha value is -3.63. The molecule has 0 aliphatic heterocycles. The number of aromatic nitrogens is 3. The molecule has 33 heavy (non-hydrogen) atoms. The van der Waals surface area contributed by atoms with Crippen molar-refractivity contribution in [3.8, 4) is 17.1 Å². The lowest BCUT2D eigenvalue weighted by Gasteiger charge is -2.12. The third kappa shape index (κ3) is 5.60.